The van der Waals surface area contributed by atoms with Crippen LogP contribution < -0.4 is 10.3 Å². The van der Waals surface area contributed by atoms with Gasteiger partial charge in [0.05, 0.1) is 6.21 Å². The lowest BCUT2D eigenvalue weighted by Crippen LogP contribution is -2.32. The van der Waals surface area contributed by atoms with E-state index in [2.05, 4.69) is 15.3 Å². The van der Waals surface area contributed by atoms with Gasteiger partial charge in [0.25, 0.3) is 5.56 Å². The van der Waals surface area contributed by atoms with E-state index in [1.54, 1.807) is 6.21 Å². The Kier molecular flexibility index (Phi) is 6.49. The van der Waals surface area contributed by atoms with E-state index in [1.165, 1.54) is 16.4 Å². The molecule has 0 fully saturated rings. The van der Waals surface area contributed by atoms with E-state index in [4.69, 9.17) is 4.74 Å². The number of ether oxygens (including phenoxy) is 1. The van der Waals surface area contributed by atoms with E-state index < -0.39 is 5.41 Å². The molecule has 0 aliphatic rings. The molecule has 0 amide bonds. The molecule has 0 unspecified atom stereocenters. The van der Waals surface area contributed by atoms with Gasteiger partial charge in [0.15, 0.2) is 0 Å². The monoisotopic (exact) mass is 408 g/mol. The summed E-state index contributed by atoms with van der Waals surface area (Å²) in [6, 6.07) is 17.6. The highest BCUT2D eigenvalue weighted by Gasteiger charge is 2.23. The molecule has 0 aliphatic heterocycles. The Balaban J connectivity index is 1.77. The zero-order chi connectivity index (χ0) is 20.9. The Hall–Kier alpha value is -2.93. The fourth-order valence-electron chi connectivity index (χ4n) is 2.58. The summed E-state index contributed by atoms with van der Waals surface area (Å²) in [5.74, 6) is 0.772. The molecular formula is C22H24N4O2S. The van der Waals surface area contributed by atoms with Crippen LogP contribution in [-0.2, 0) is 12.0 Å². The van der Waals surface area contributed by atoms with Gasteiger partial charge in [0, 0.05) is 5.41 Å². The molecule has 1 aromatic heterocycles. The lowest BCUT2D eigenvalue weighted by molar-refractivity contribution is 0.306. The van der Waals surface area contributed by atoms with Crippen LogP contribution in [0.5, 0.6) is 5.75 Å². The van der Waals surface area contributed by atoms with Crippen molar-refractivity contribution in [3.8, 4) is 5.75 Å². The minimum Gasteiger partial charge on any atom is -0.489 e. The summed E-state index contributed by atoms with van der Waals surface area (Å²) in [5.41, 5.74) is 1.69. The molecule has 1 heterocycles. The Morgan fingerprint density at radius 1 is 1.07 bits per heavy atom. The Morgan fingerprint density at radius 2 is 1.76 bits per heavy atom. The fourth-order valence-corrected chi connectivity index (χ4v) is 3.01. The van der Waals surface area contributed by atoms with E-state index in [9.17, 15) is 4.79 Å². The van der Waals surface area contributed by atoms with Gasteiger partial charge in [-0.05, 0) is 41.6 Å². The molecule has 0 bridgehead atoms. The number of hydrogen-bond acceptors (Lipinski definition) is 6. The molecule has 0 saturated heterocycles. The first-order valence-electron chi connectivity index (χ1n) is 9.24. The third-order valence-electron chi connectivity index (χ3n) is 4.16. The van der Waals surface area contributed by atoms with Crippen molar-refractivity contribution < 1.29 is 4.74 Å². The van der Waals surface area contributed by atoms with Gasteiger partial charge < -0.3 is 4.74 Å². The first kappa shape index (κ1) is 20.8. The molecule has 0 radical (unpaired) electrons. The van der Waals surface area contributed by atoms with Crippen molar-refractivity contribution >= 4 is 18.0 Å². The Morgan fingerprint density at radius 3 is 2.38 bits per heavy atom. The number of aromatic nitrogens is 3. The summed E-state index contributed by atoms with van der Waals surface area (Å²) in [6.07, 6.45) is 3.47. The first-order chi connectivity index (χ1) is 13.9. The van der Waals surface area contributed by atoms with Gasteiger partial charge in [0.1, 0.15) is 18.1 Å². The summed E-state index contributed by atoms with van der Waals surface area (Å²) in [4.78, 5) is 12.8. The SMILES string of the molecule is CSc1nnc(C(C)(C)C)c(=O)n1/N=C/c1ccc(OCc2ccccc2)cc1. The number of thioether (sulfide) groups is 1. The molecule has 0 aliphatic carbocycles. The highest BCUT2D eigenvalue weighted by molar-refractivity contribution is 7.98. The topological polar surface area (TPSA) is 69.4 Å². The second kappa shape index (κ2) is 9.05. The second-order valence-electron chi connectivity index (χ2n) is 7.49. The van der Waals surface area contributed by atoms with E-state index in [1.807, 2.05) is 81.6 Å². The maximum Gasteiger partial charge on any atom is 0.297 e. The molecule has 0 saturated carbocycles. The van der Waals surface area contributed by atoms with Gasteiger partial charge in [-0.1, -0.05) is 62.9 Å². The van der Waals surface area contributed by atoms with Crippen molar-refractivity contribution in [2.24, 2.45) is 5.10 Å². The number of benzene rings is 2. The smallest absolute Gasteiger partial charge is 0.297 e. The third kappa shape index (κ3) is 5.32. The zero-order valence-corrected chi connectivity index (χ0v) is 17.8. The third-order valence-corrected chi connectivity index (χ3v) is 4.78. The quantitative estimate of drug-likeness (QED) is 0.453. The van der Waals surface area contributed by atoms with Crippen LogP contribution >= 0.6 is 11.8 Å². The molecule has 0 atom stereocenters. The maximum absolute atomic E-state index is 12.8. The highest BCUT2D eigenvalue weighted by atomic mass is 32.2. The molecule has 0 spiro atoms. The predicted octanol–water partition coefficient (Wildman–Crippen LogP) is 4.12. The fraction of sp³-hybridized carbons (Fsp3) is 0.273. The van der Waals surface area contributed by atoms with Crippen molar-refractivity contribution in [1.82, 2.24) is 14.9 Å². The summed E-state index contributed by atoms with van der Waals surface area (Å²) >= 11 is 1.33. The van der Waals surface area contributed by atoms with E-state index in [0.717, 1.165) is 16.9 Å². The largest absolute Gasteiger partial charge is 0.489 e. The standard InChI is InChI=1S/C22H24N4O2S/c1-22(2,3)19-20(27)26(21(29-4)25-24-19)23-14-16-10-12-18(13-11-16)28-15-17-8-6-5-7-9-17/h5-14H,15H2,1-4H3/b23-14+. The van der Waals surface area contributed by atoms with Crippen molar-refractivity contribution in [2.75, 3.05) is 6.26 Å². The van der Waals surface area contributed by atoms with Crippen LogP contribution in [0.3, 0.4) is 0 Å². The number of rotatable bonds is 6. The minimum absolute atomic E-state index is 0.254. The molecule has 3 rings (SSSR count). The molecule has 0 N–H and O–H groups in total. The van der Waals surface area contributed by atoms with Crippen molar-refractivity contribution in [3.05, 3.63) is 81.8 Å². The van der Waals surface area contributed by atoms with E-state index in [0.29, 0.717) is 17.5 Å². The van der Waals surface area contributed by atoms with Crippen LogP contribution in [0, 0.1) is 0 Å². The van der Waals surface area contributed by atoms with Gasteiger partial charge in [-0.3, -0.25) is 4.79 Å². The van der Waals surface area contributed by atoms with Crippen LogP contribution in [0.4, 0.5) is 0 Å². The second-order valence-corrected chi connectivity index (χ2v) is 8.26. The van der Waals surface area contributed by atoms with Crippen LogP contribution in [0.15, 0.2) is 69.6 Å². The predicted molar refractivity (Wildman–Crippen MR) is 117 cm³/mol. The minimum atomic E-state index is -0.407. The van der Waals surface area contributed by atoms with Gasteiger partial charge in [0.2, 0.25) is 5.16 Å². The lowest BCUT2D eigenvalue weighted by atomic mass is 9.93. The average molecular weight is 409 g/mol. The van der Waals surface area contributed by atoms with Gasteiger partial charge >= 0.3 is 0 Å². The van der Waals surface area contributed by atoms with Gasteiger partial charge in [-0.2, -0.15) is 9.78 Å². The molecule has 6 nitrogen and oxygen atoms in total. The first-order valence-corrected chi connectivity index (χ1v) is 10.5. The van der Waals surface area contributed by atoms with Crippen molar-refractivity contribution in [2.45, 2.75) is 37.9 Å². The lowest BCUT2D eigenvalue weighted by Gasteiger charge is -2.16. The molecule has 3 aromatic rings. The van der Waals surface area contributed by atoms with Crippen LogP contribution in [0.25, 0.3) is 0 Å². The Labute approximate surface area is 174 Å². The molecular weight excluding hydrogens is 384 g/mol. The average Bonchev–Trinajstić information content (AvgIpc) is 2.71. The highest BCUT2D eigenvalue weighted by Crippen LogP contribution is 2.18. The van der Waals surface area contributed by atoms with Crippen LogP contribution in [-0.4, -0.2) is 27.3 Å². The zero-order valence-electron chi connectivity index (χ0n) is 17.0. The number of nitrogens with zero attached hydrogens (tertiary/aromatic N) is 4. The van der Waals surface area contributed by atoms with E-state index >= 15 is 0 Å². The maximum atomic E-state index is 12.8. The van der Waals surface area contributed by atoms with Crippen molar-refractivity contribution in [3.63, 3.8) is 0 Å². The van der Waals surface area contributed by atoms with Crippen LogP contribution in [0.2, 0.25) is 0 Å². The molecule has 7 heteroatoms. The van der Waals surface area contributed by atoms with Gasteiger partial charge in [-0.25, -0.2) is 0 Å². The van der Waals surface area contributed by atoms with Gasteiger partial charge in [-0.15, -0.1) is 10.2 Å². The molecule has 2 aromatic carbocycles. The molecule has 29 heavy (non-hydrogen) atoms. The number of hydrogen-bond donors (Lipinski definition) is 0. The van der Waals surface area contributed by atoms with E-state index in [-0.39, 0.29) is 5.56 Å². The summed E-state index contributed by atoms with van der Waals surface area (Å²) in [6.45, 7) is 6.30. The normalized spacial score (nSPS) is 11.7. The molecule has 150 valence electrons. The Bertz CT molecular complexity index is 1040. The van der Waals surface area contributed by atoms with Crippen LogP contribution in [0.1, 0.15) is 37.6 Å². The summed E-state index contributed by atoms with van der Waals surface area (Å²) in [7, 11) is 0. The summed E-state index contributed by atoms with van der Waals surface area (Å²) < 4.78 is 7.10. The summed E-state index contributed by atoms with van der Waals surface area (Å²) in [5, 5.41) is 13.1. The van der Waals surface area contributed by atoms with Crippen molar-refractivity contribution in [1.29, 1.82) is 0 Å².